The second-order valence-corrected chi connectivity index (χ2v) is 4.94. The van der Waals surface area contributed by atoms with Crippen molar-refractivity contribution in [2.75, 3.05) is 12.8 Å². The number of oxime groups is 1. The minimum Gasteiger partial charge on any atom is -0.419 e. The molecule has 1 aromatic carbocycles. The van der Waals surface area contributed by atoms with Crippen LogP contribution in [0, 0.1) is 0 Å². The summed E-state index contributed by atoms with van der Waals surface area (Å²) >= 11 is 1.18. The monoisotopic (exact) mass is 318 g/mol. The third-order valence-corrected chi connectivity index (χ3v) is 3.34. The smallest absolute Gasteiger partial charge is 0.368 e. The summed E-state index contributed by atoms with van der Waals surface area (Å²) in [5.74, 6) is -0.481. The van der Waals surface area contributed by atoms with Gasteiger partial charge in [0.2, 0.25) is 5.71 Å². The molecule has 0 bridgehead atoms. The van der Waals surface area contributed by atoms with Crippen LogP contribution >= 0.6 is 11.3 Å². The zero-order chi connectivity index (χ0) is 15.5. The van der Waals surface area contributed by atoms with Crippen LogP contribution in [-0.2, 0) is 9.63 Å². The summed E-state index contributed by atoms with van der Waals surface area (Å²) in [6, 6.07) is 5.07. The molecule has 0 radical (unpaired) electrons. The van der Waals surface area contributed by atoms with Crippen molar-refractivity contribution < 1.29 is 14.4 Å². The van der Waals surface area contributed by atoms with Crippen molar-refractivity contribution in [3.63, 3.8) is 0 Å². The largest absolute Gasteiger partial charge is 0.419 e. The molecule has 2 aromatic heterocycles. The molecule has 112 valence electrons. The van der Waals surface area contributed by atoms with Gasteiger partial charge < -0.3 is 15.3 Å². The summed E-state index contributed by atoms with van der Waals surface area (Å²) in [6.07, 6.45) is 0. The van der Waals surface area contributed by atoms with Crippen LogP contribution in [0.2, 0.25) is 0 Å². The first-order valence-electron chi connectivity index (χ1n) is 6.03. The molecule has 22 heavy (non-hydrogen) atoms. The zero-order valence-electron chi connectivity index (χ0n) is 11.3. The van der Waals surface area contributed by atoms with E-state index in [1.165, 1.54) is 18.4 Å². The van der Waals surface area contributed by atoms with Crippen molar-refractivity contribution in [2.45, 2.75) is 0 Å². The highest BCUT2D eigenvalue weighted by Crippen LogP contribution is 2.22. The number of carbonyl (C=O) groups is 1. The van der Waals surface area contributed by atoms with E-state index in [2.05, 4.69) is 30.4 Å². The number of aromatic amines is 1. The fourth-order valence-corrected chi connectivity index (χ4v) is 2.30. The minimum absolute atomic E-state index is 0.0871. The van der Waals surface area contributed by atoms with Crippen molar-refractivity contribution in [1.29, 1.82) is 0 Å². The predicted octanol–water partition coefficient (Wildman–Crippen LogP) is 0.953. The van der Waals surface area contributed by atoms with E-state index in [0.29, 0.717) is 16.2 Å². The molecular weight excluding hydrogens is 308 g/mol. The van der Waals surface area contributed by atoms with E-state index in [1.54, 1.807) is 23.6 Å². The number of nitrogens with two attached hydrogens (primary N) is 1. The molecule has 2 heterocycles. The quantitative estimate of drug-likeness (QED) is 0.317. The maximum atomic E-state index is 12.3. The summed E-state index contributed by atoms with van der Waals surface area (Å²) in [5.41, 5.74) is 6.84. The lowest BCUT2D eigenvalue weighted by Gasteiger charge is -2.05. The number of anilines is 1. The molecule has 0 saturated heterocycles. The lowest BCUT2D eigenvalue weighted by molar-refractivity contribution is -0.127. The molecule has 0 aliphatic rings. The molecule has 10 heteroatoms. The van der Waals surface area contributed by atoms with E-state index in [-0.39, 0.29) is 17.2 Å². The molecule has 0 aliphatic heterocycles. The molecule has 3 N–H and O–H groups in total. The highest BCUT2D eigenvalue weighted by atomic mass is 32.1. The summed E-state index contributed by atoms with van der Waals surface area (Å²) in [5, 5.41) is 15.8. The molecule has 9 nitrogen and oxygen atoms in total. The van der Waals surface area contributed by atoms with Gasteiger partial charge in [-0.25, -0.2) is 9.78 Å². The molecule has 0 aliphatic carbocycles. The number of esters is 1. The van der Waals surface area contributed by atoms with Gasteiger partial charge in [0.05, 0.1) is 5.52 Å². The Morgan fingerprint density at radius 3 is 3.05 bits per heavy atom. The number of benzene rings is 1. The van der Waals surface area contributed by atoms with Gasteiger partial charge in [0.1, 0.15) is 12.8 Å². The average Bonchev–Trinajstić information content (AvgIpc) is 3.14. The van der Waals surface area contributed by atoms with Crippen molar-refractivity contribution in [2.24, 2.45) is 5.16 Å². The molecule has 0 amide bonds. The van der Waals surface area contributed by atoms with Crippen LogP contribution < -0.4 is 10.5 Å². The lowest BCUT2D eigenvalue weighted by atomic mass is 10.3. The van der Waals surface area contributed by atoms with Gasteiger partial charge in [0.25, 0.3) is 0 Å². The third kappa shape index (κ3) is 2.59. The Hall–Kier alpha value is -3.01. The summed E-state index contributed by atoms with van der Waals surface area (Å²) in [7, 11) is 1.32. The number of rotatable bonds is 4. The number of hydrogen-bond acceptors (Lipinski definition) is 9. The second kappa shape index (κ2) is 5.77. The maximum absolute atomic E-state index is 12.3. The van der Waals surface area contributed by atoms with Gasteiger partial charge in [-0.1, -0.05) is 16.4 Å². The molecule has 0 spiro atoms. The van der Waals surface area contributed by atoms with Gasteiger partial charge in [-0.15, -0.1) is 16.4 Å². The van der Waals surface area contributed by atoms with Crippen molar-refractivity contribution in [1.82, 2.24) is 20.4 Å². The Labute approximate surface area is 127 Å². The van der Waals surface area contributed by atoms with Gasteiger partial charge in [0, 0.05) is 5.38 Å². The zero-order valence-corrected chi connectivity index (χ0v) is 12.1. The van der Waals surface area contributed by atoms with Crippen LogP contribution in [0.3, 0.4) is 0 Å². The molecule has 0 unspecified atom stereocenters. The Balaban J connectivity index is 1.92. The number of aromatic nitrogens is 4. The van der Waals surface area contributed by atoms with E-state index in [4.69, 9.17) is 10.5 Å². The van der Waals surface area contributed by atoms with Crippen LogP contribution in [0.15, 0.2) is 28.7 Å². The number of ether oxygens (including phenoxy) is 1. The van der Waals surface area contributed by atoms with E-state index in [0.717, 1.165) is 0 Å². The Kier molecular flexibility index (Phi) is 3.66. The van der Waals surface area contributed by atoms with Gasteiger partial charge in [-0.2, -0.15) is 0 Å². The van der Waals surface area contributed by atoms with Crippen molar-refractivity contribution in [3.05, 3.63) is 29.3 Å². The van der Waals surface area contributed by atoms with Crippen LogP contribution in [0.4, 0.5) is 5.13 Å². The Morgan fingerprint density at radius 1 is 1.45 bits per heavy atom. The Bertz CT molecular complexity index is 855. The molecule has 0 saturated carbocycles. The lowest BCUT2D eigenvalue weighted by Crippen LogP contribution is -2.22. The average molecular weight is 318 g/mol. The van der Waals surface area contributed by atoms with Crippen molar-refractivity contribution in [3.8, 4) is 5.75 Å². The van der Waals surface area contributed by atoms with Gasteiger partial charge >= 0.3 is 5.97 Å². The first-order valence-corrected chi connectivity index (χ1v) is 6.91. The van der Waals surface area contributed by atoms with Gasteiger partial charge in [-0.3, -0.25) is 5.10 Å². The topological polar surface area (TPSA) is 128 Å². The third-order valence-electron chi connectivity index (χ3n) is 2.66. The maximum Gasteiger partial charge on any atom is 0.368 e. The molecular formula is C12H10N6O3S. The fourth-order valence-electron chi connectivity index (χ4n) is 1.75. The van der Waals surface area contributed by atoms with E-state index in [9.17, 15) is 4.79 Å². The van der Waals surface area contributed by atoms with Gasteiger partial charge in [0.15, 0.2) is 16.4 Å². The van der Waals surface area contributed by atoms with Gasteiger partial charge in [-0.05, 0) is 12.1 Å². The number of nitrogens with zero attached hydrogens (tertiary/aromatic N) is 4. The molecule has 3 rings (SSSR count). The second-order valence-electron chi connectivity index (χ2n) is 4.05. The summed E-state index contributed by atoms with van der Waals surface area (Å²) in [4.78, 5) is 21.0. The normalized spacial score (nSPS) is 11.6. The first kappa shape index (κ1) is 13.9. The number of carbonyl (C=O) groups excluding carboxylic acids is 1. The predicted molar refractivity (Wildman–Crippen MR) is 79.6 cm³/mol. The van der Waals surface area contributed by atoms with Crippen LogP contribution in [0.5, 0.6) is 5.75 Å². The summed E-state index contributed by atoms with van der Waals surface area (Å²) in [6.45, 7) is 0. The van der Waals surface area contributed by atoms with Crippen molar-refractivity contribution >= 4 is 39.2 Å². The Morgan fingerprint density at radius 2 is 2.32 bits per heavy atom. The number of nitrogens with one attached hydrogen (secondary N) is 1. The number of H-pyrrole nitrogens is 1. The highest BCUT2D eigenvalue weighted by Gasteiger charge is 2.22. The van der Waals surface area contributed by atoms with Crippen LogP contribution in [0.25, 0.3) is 11.0 Å². The highest BCUT2D eigenvalue weighted by molar-refractivity contribution is 7.13. The number of fused-ring (bicyclic) bond motifs is 1. The minimum atomic E-state index is -0.734. The van der Waals surface area contributed by atoms with E-state index in [1.807, 2.05) is 0 Å². The van der Waals surface area contributed by atoms with E-state index < -0.39 is 5.97 Å². The summed E-state index contributed by atoms with van der Waals surface area (Å²) < 4.78 is 5.32. The van der Waals surface area contributed by atoms with Crippen LogP contribution in [0.1, 0.15) is 5.69 Å². The number of nitrogen functional groups attached to an aromatic ring is 1. The first-order chi connectivity index (χ1) is 10.7. The standard InChI is InChI=1S/C12H10N6O3S/c1-20-17-10(7-5-22-12(13)14-7)11(19)21-8-4-2-3-6-9(8)16-18-15-6/h2-5H,1H3,(H2,13,14)(H,15,16,18). The molecule has 0 atom stereocenters. The number of thiazole rings is 1. The fraction of sp³-hybridized carbons (Fsp3) is 0.0833. The molecule has 0 fully saturated rings. The van der Waals surface area contributed by atoms with Crippen LogP contribution in [-0.4, -0.2) is 39.2 Å². The van der Waals surface area contributed by atoms with E-state index >= 15 is 0 Å². The molecule has 3 aromatic rings. The number of hydrogen-bond donors (Lipinski definition) is 2. The SMILES string of the molecule is CON=C(C(=O)Oc1cccc2[nH]nnc12)c1csc(N)n1.